The van der Waals surface area contributed by atoms with Crippen LogP contribution in [0.3, 0.4) is 0 Å². The smallest absolute Gasteiger partial charge is 0.263 e. The number of hydrogen-bond acceptors (Lipinski definition) is 3. The molecule has 126 valence electrons. The van der Waals surface area contributed by atoms with Crippen molar-refractivity contribution >= 4 is 22.8 Å². The van der Waals surface area contributed by atoms with E-state index < -0.39 is 5.54 Å². The maximum absolute atomic E-state index is 12.1. The molecule has 0 radical (unpaired) electrons. The lowest BCUT2D eigenvalue weighted by Crippen LogP contribution is -2.38. The Kier molecular flexibility index (Phi) is 4.33. The molecule has 0 unspecified atom stereocenters. The van der Waals surface area contributed by atoms with E-state index in [1.54, 1.807) is 0 Å². The van der Waals surface area contributed by atoms with Crippen LogP contribution in [0, 0.1) is 5.92 Å². The number of ether oxygens (including phenoxy) is 1. The highest BCUT2D eigenvalue weighted by molar-refractivity contribution is 6.04. The van der Waals surface area contributed by atoms with E-state index in [0.717, 1.165) is 27.7 Å². The van der Waals surface area contributed by atoms with Crippen LogP contribution < -0.4 is 15.6 Å². The van der Waals surface area contributed by atoms with Gasteiger partial charge in [-0.1, -0.05) is 44.2 Å². The number of amides is 1. The third kappa shape index (κ3) is 3.15. The zero-order valence-corrected chi connectivity index (χ0v) is 14.6. The quantitative estimate of drug-likeness (QED) is 0.844. The molecule has 0 aliphatic carbocycles. The Labute approximate surface area is 142 Å². The van der Waals surface area contributed by atoms with Gasteiger partial charge in [-0.15, -0.1) is 0 Å². The number of carbonyl (C=O) groups is 1. The first-order chi connectivity index (χ1) is 11.4. The van der Waals surface area contributed by atoms with Crippen molar-refractivity contribution in [3.8, 4) is 5.75 Å². The second-order valence-electron chi connectivity index (χ2n) is 7.17. The van der Waals surface area contributed by atoms with Crippen LogP contribution in [0.1, 0.15) is 33.3 Å². The molecule has 2 aromatic rings. The average molecular weight is 324 g/mol. The molecule has 4 heteroatoms. The molecule has 1 aliphatic heterocycles. The van der Waals surface area contributed by atoms with Gasteiger partial charge in [0.15, 0.2) is 0 Å². The summed E-state index contributed by atoms with van der Waals surface area (Å²) in [6.45, 7) is 8.92. The standard InChI is InChI=1S/C20H24N2O2/c1-13(2)12-24-18-10-6-8-15-14(7-5-9-16(15)18)11-17-19(23)21-22-20(17,3)4/h5-11,13,22H,12H2,1-4H3,(H,21,23)/b17-11+. The molecule has 2 aromatic carbocycles. The summed E-state index contributed by atoms with van der Waals surface area (Å²) in [4.78, 5) is 12.1. The van der Waals surface area contributed by atoms with Crippen LogP contribution in [0.25, 0.3) is 16.8 Å². The number of hydrogen-bond donors (Lipinski definition) is 2. The Hall–Kier alpha value is -2.33. The molecule has 0 atom stereocenters. The predicted octanol–water partition coefficient (Wildman–Crippen LogP) is 3.67. The third-order valence-electron chi connectivity index (χ3n) is 4.19. The van der Waals surface area contributed by atoms with Crippen molar-refractivity contribution in [2.75, 3.05) is 6.61 Å². The molecule has 0 bridgehead atoms. The summed E-state index contributed by atoms with van der Waals surface area (Å²) in [6.07, 6.45) is 1.96. The van der Waals surface area contributed by atoms with Gasteiger partial charge >= 0.3 is 0 Å². The zero-order valence-electron chi connectivity index (χ0n) is 14.6. The van der Waals surface area contributed by atoms with Gasteiger partial charge in [0.25, 0.3) is 5.91 Å². The van der Waals surface area contributed by atoms with Gasteiger partial charge in [-0.3, -0.25) is 10.2 Å². The summed E-state index contributed by atoms with van der Waals surface area (Å²) in [7, 11) is 0. The van der Waals surface area contributed by atoms with Crippen LogP contribution in [0.4, 0.5) is 0 Å². The minimum atomic E-state index is -0.398. The molecule has 1 aliphatic rings. The van der Waals surface area contributed by atoms with Gasteiger partial charge in [-0.05, 0) is 42.9 Å². The second-order valence-corrected chi connectivity index (χ2v) is 7.17. The highest BCUT2D eigenvalue weighted by Gasteiger charge is 2.34. The number of carbonyl (C=O) groups excluding carboxylic acids is 1. The summed E-state index contributed by atoms with van der Waals surface area (Å²) >= 11 is 0. The van der Waals surface area contributed by atoms with E-state index >= 15 is 0 Å². The summed E-state index contributed by atoms with van der Waals surface area (Å²) < 4.78 is 5.96. The summed E-state index contributed by atoms with van der Waals surface area (Å²) in [5.74, 6) is 1.28. The van der Waals surface area contributed by atoms with Gasteiger partial charge in [0.1, 0.15) is 5.75 Å². The van der Waals surface area contributed by atoms with Crippen LogP contribution in [0.5, 0.6) is 5.75 Å². The Bertz CT molecular complexity index is 806. The molecule has 1 amide bonds. The fourth-order valence-corrected chi connectivity index (χ4v) is 2.85. The third-order valence-corrected chi connectivity index (χ3v) is 4.19. The maximum Gasteiger partial charge on any atom is 0.263 e. The summed E-state index contributed by atoms with van der Waals surface area (Å²) in [5.41, 5.74) is 7.05. The van der Waals surface area contributed by atoms with Crippen molar-refractivity contribution in [3.63, 3.8) is 0 Å². The van der Waals surface area contributed by atoms with Crippen LogP contribution >= 0.6 is 0 Å². The molecule has 0 spiro atoms. The Morgan fingerprint density at radius 2 is 1.83 bits per heavy atom. The topological polar surface area (TPSA) is 50.4 Å². The van der Waals surface area contributed by atoms with E-state index in [1.165, 1.54) is 0 Å². The number of hydrazine groups is 1. The van der Waals surface area contributed by atoms with Gasteiger partial charge in [0.05, 0.1) is 12.1 Å². The lowest BCUT2D eigenvalue weighted by molar-refractivity contribution is -0.116. The van der Waals surface area contributed by atoms with Crippen molar-refractivity contribution in [2.45, 2.75) is 33.2 Å². The fraction of sp³-hybridized carbons (Fsp3) is 0.350. The molecular weight excluding hydrogens is 300 g/mol. The second kappa shape index (κ2) is 6.29. The van der Waals surface area contributed by atoms with Crippen molar-refractivity contribution in [2.24, 2.45) is 5.92 Å². The fourth-order valence-electron chi connectivity index (χ4n) is 2.85. The highest BCUT2D eigenvalue weighted by atomic mass is 16.5. The van der Waals surface area contributed by atoms with Gasteiger partial charge in [-0.2, -0.15) is 0 Å². The van der Waals surface area contributed by atoms with E-state index in [2.05, 4.69) is 36.8 Å². The van der Waals surface area contributed by atoms with Crippen molar-refractivity contribution in [1.29, 1.82) is 0 Å². The molecule has 3 rings (SSSR count). The highest BCUT2D eigenvalue weighted by Crippen LogP contribution is 2.31. The number of nitrogens with one attached hydrogen (secondary N) is 2. The Morgan fingerprint density at radius 3 is 2.50 bits per heavy atom. The average Bonchev–Trinajstić information content (AvgIpc) is 2.80. The number of fused-ring (bicyclic) bond motifs is 1. The molecule has 0 saturated carbocycles. The predicted molar refractivity (Wildman–Crippen MR) is 97.6 cm³/mol. The molecule has 1 saturated heterocycles. The molecule has 24 heavy (non-hydrogen) atoms. The molecular formula is C20H24N2O2. The van der Waals surface area contributed by atoms with Gasteiger partial charge in [0, 0.05) is 11.0 Å². The lowest BCUT2D eigenvalue weighted by atomic mass is 9.92. The first-order valence-electron chi connectivity index (χ1n) is 8.33. The van der Waals surface area contributed by atoms with Crippen LogP contribution in [0.2, 0.25) is 0 Å². The largest absolute Gasteiger partial charge is 0.493 e. The van der Waals surface area contributed by atoms with Crippen LogP contribution in [-0.4, -0.2) is 18.1 Å². The first-order valence-corrected chi connectivity index (χ1v) is 8.33. The van der Waals surface area contributed by atoms with Crippen LogP contribution in [-0.2, 0) is 4.79 Å². The summed E-state index contributed by atoms with van der Waals surface area (Å²) in [6, 6.07) is 12.2. The van der Waals surface area contributed by atoms with Gasteiger partial charge in [0.2, 0.25) is 0 Å². The SMILES string of the molecule is CC(C)COc1cccc2c(/C=C3\C(=O)NNC3(C)C)cccc12. The Balaban J connectivity index is 2.07. The van der Waals surface area contributed by atoms with E-state index in [0.29, 0.717) is 12.5 Å². The van der Waals surface area contributed by atoms with E-state index in [-0.39, 0.29) is 5.91 Å². The normalized spacial score (nSPS) is 18.4. The minimum absolute atomic E-state index is 0.0794. The number of rotatable bonds is 4. The molecule has 1 fully saturated rings. The summed E-state index contributed by atoms with van der Waals surface area (Å²) in [5, 5.41) is 2.15. The van der Waals surface area contributed by atoms with Crippen molar-refractivity contribution in [1.82, 2.24) is 10.9 Å². The molecule has 2 N–H and O–H groups in total. The zero-order chi connectivity index (χ0) is 17.3. The first kappa shape index (κ1) is 16.5. The molecule has 0 aromatic heterocycles. The lowest BCUT2D eigenvalue weighted by Gasteiger charge is -2.17. The number of benzene rings is 2. The van der Waals surface area contributed by atoms with E-state index in [1.807, 2.05) is 44.2 Å². The van der Waals surface area contributed by atoms with E-state index in [4.69, 9.17) is 4.74 Å². The Morgan fingerprint density at radius 1 is 1.12 bits per heavy atom. The van der Waals surface area contributed by atoms with Gasteiger partial charge in [-0.25, -0.2) is 5.43 Å². The van der Waals surface area contributed by atoms with Crippen molar-refractivity contribution in [3.05, 3.63) is 47.5 Å². The molecule has 4 nitrogen and oxygen atoms in total. The van der Waals surface area contributed by atoms with E-state index in [9.17, 15) is 4.79 Å². The van der Waals surface area contributed by atoms with Gasteiger partial charge < -0.3 is 4.74 Å². The maximum atomic E-state index is 12.1. The van der Waals surface area contributed by atoms with Crippen molar-refractivity contribution < 1.29 is 9.53 Å². The molecule has 1 heterocycles. The van der Waals surface area contributed by atoms with Crippen LogP contribution in [0.15, 0.2) is 42.0 Å². The minimum Gasteiger partial charge on any atom is -0.493 e. The monoisotopic (exact) mass is 324 g/mol.